The predicted molar refractivity (Wildman–Crippen MR) is 104 cm³/mol. The molecule has 132 valence electrons. The minimum atomic E-state index is -3.93. The number of hydrogen-bond acceptors (Lipinski definition) is 4. The summed E-state index contributed by atoms with van der Waals surface area (Å²) in [6, 6.07) is 13.0. The van der Waals surface area contributed by atoms with E-state index in [1.165, 1.54) is 12.2 Å². The quantitative estimate of drug-likeness (QED) is 0.698. The number of benzene rings is 2. The molecule has 2 rings (SSSR count). The molecular formula is C17H14Cl2O4S2. The molecule has 0 aliphatic heterocycles. The number of hydrogen-bond donors (Lipinski definition) is 0. The van der Waals surface area contributed by atoms with Crippen molar-refractivity contribution in [3.05, 3.63) is 80.5 Å². The summed E-state index contributed by atoms with van der Waals surface area (Å²) in [6.45, 7) is 0. The van der Waals surface area contributed by atoms with Crippen molar-refractivity contribution in [2.75, 3.05) is 5.08 Å². The normalized spacial score (nSPS) is 12.9. The zero-order valence-corrected chi connectivity index (χ0v) is 16.0. The third-order valence-electron chi connectivity index (χ3n) is 3.00. The van der Waals surface area contributed by atoms with Gasteiger partial charge in [-0.1, -0.05) is 47.5 Å². The Labute approximate surface area is 157 Å². The second kappa shape index (κ2) is 8.19. The third kappa shape index (κ3) is 7.04. The maximum atomic E-state index is 12.0. The van der Waals surface area contributed by atoms with Crippen molar-refractivity contribution < 1.29 is 16.8 Å². The Kier molecular flexibility index (Phi) is 6.46. The maximum Gasteiger partial charge on any atom is 0.186 e. The van der Waals surface area contributed by atoms with E-state index in [9.17, 15) is 16.8 Å². The summed E-state index contributed by atoms with van der Waals surface area (Å²) in [6.07, 6.45) is 2.65. The van der Waals surface area contributed by atoms with Crippen LogP contribution in [-0.2, 0) is 19.7 Å². The summed E-state index contributed by atoms with van der Waals surface area (Å²) in [5, 5.41) is 1.80. The van der Waals surface area contributed by atoms with Gasteiger partial charge in [-0.05, 0) is 47.5 Å². The number of halogens is 2. The van der Waals surface area contributed by atoms with Crippen LogP contribution >= 0.6 is 23.2 Å². The van der Waals surface area contributed by atoms with E-state index in [0.717, 1.165) is 10.8 Å². The lowest BCUT2D eigenvalue weighted by Crippen LogP contribution is -2.11. The maximum absolute atomic E-state index is 12.0. The van der Waals surface area contributed by atoms with Crippen molar-refractivity contribution in [1.29, 1.82) is 0 Å². The smallest absolute Gasteiger partial charge is 0.186 e. The van der Waals surface area contributed by atoms with Gasteiger partial charge in [0.2, 0.25) is 0 Å². The molecule has 25 heavy (non-hydrogen) atoms. The van der Waals surface area contributed by atoms with Crippen LogP contribution in [0.3, 0.4) is 0 Å². The van der Waals surface area contributed by atoms with Gasteiger partial charge in [-0.2, -0.15) is 0 Å². The highest BCUT2D eigenvalue weighted by atomic mass is 35.5. The fraction of sp³-hybridized carbons (Fsp3) is 0.0588. The van der Waals surface area contributed by atoms with Gasteiger partial charge in [0.25, 0.3) is 0 Å². The topological polar surface area (TPSA) is 68.3 Å². The number of sulfone groups is 2. The SMILES string of the molecule is O=S(=O)(C=Cc1ccc(Cl)cc1)CS(=O)(=O)C=Cc1ccc(Cl)cc1. The second-order valence-corrected chi connectivity index (χ2v) is 10.2. The zero-order valence-electron chi connectivity index (χ0n) is 12.8. The predicted octanol–water partition coefficient (Wildman–Crippen LogP) is 4.42. The first-order valence-corrected chi connectivity index (χ1v) is 11.2. The minimum absolute atomic E-state index is 0.523. The molecule has 8 heteroatoms. The van der Waals surface area contributed by atoms with Crippen LogP contribution in [0.2, 0.25) is 10.0 Å². The van der Waals surface area contributed by atoms with Gasteiger partial charge in [0.05, 0.1) is 0 Å². The summed E-state index contributed by atoms with van der Waals surface area (Å²) in [5.74, 6) is 0. The van der Waals surface area contributed by atoms with Crippen LogP contribution in [0.15, 0.2) is 59.3 Å². The Morgan fingerprint density at radius 2 is 0.960 bits per heavy atom. The first kappa shape index (κ1) is 19.7. The highest BCUT2D eigenvalue weighted by molar-refractivity contribution is 8.10. The molecule has 0 saturated carbocycles. The molecule has 0 heterocycles. The molecule has 0 saturated heterocycles. The van der Waals surface area contributed by atoms with Crippen LogP contribution in [0.1, 0.15) is 11.1 Å². The lowest BCUT2D eigenvalue weighted by atomic mass is 10.2. The highest BCUT2D eigenvalue weighted by Gasteiger charge is 2.17. The first-order valence-electron chi connectivity index (χ1n) is 6.98. The average Bonchev–Trinajstić information content (AvgIpc) is 2.53. The van der Waals surface area contributed by atoms with Crippen LogP contribution in [-0.4, -0.2) is 21.9 Å². The third-order valence-corrected chi connectivity index (χ3v) is 7.24. The van der Waals surface area contributed by atoms with Gasteiger partial charge < -0.3 is 0 Å². The molecule has 0 fully saturated rings. The monoisotopic (exact) mass is 416 g/mol. The van der Waals surface area contributed by atoms with E-state index in [-0.39, 0.29) is 0 Å². The first-order chi connectivity index (χ1) is 11.7. The van der Waals surface area contributed by atoms with Crippen molar-refractivity contribution in [2.24, 2.45) is 0 Å². The molecular weight excluding hydrogens is 403 g/mol. The zero-order chi connectivity index (χ0) is 18.5. The van der Waals surface area contributed by atoms with E-state index in [2.05, 4.69) is 0 Å². The van der Waals surface area contributed by atoms with E-state index < -0.39 is 24.8 Å². The Bertz CT molecular complexity index is 906. The van der Waals surface area contributed by atoms with Crippen molar-refractivity contribution >= 4 is 55.0 Å². The molecule has 0 atom stereocenters. The Morgan fingerprint density at radius 1 is 0.640 bits per heavy atom. The van der Waals surface area contributed by atoms with Crippen molar-refractivity contribution in [1.82, 2.24) is 0 Å². The van der Waals surface area contributed by atoms with Crippen LogP contribution in [0, 0.1) is 0 Å². The Hall–Kier alpha value is -1.60. The summed E-state index contributed by atoms with van der Waals surface area (Å²) in [5.41, 5.74) is 1.20. The van der Waals surface area contributed by atoms with E-state index >= 15 is 0 Å². The van der Waals surface area contributed by atoms with E-state index in [0.29, 0.717) is 21.2 Å². The van der Waals surface area contributed by atoms with Crippen molar-refractivity contribution in [3.8, 4) is 0 Å². The molecule has 0 radical (unpaired) electrons. The van der Waals surface area contributed by atoms with E-state index in [1.54, 1.807) is 48.5 Å². The standard InChI is InChI=1S/C17H14Cl2O4S2/c18-16-5-1-14(2-6-16)9-11-24(20,21)13-25(22,23)12-10-15-3-7-17(19)8-4-15/h1-12H,13H2. The lowest BCUT2D eigenvalue weighted by Gasteiger charge is -1.99. The lowest BCUT2D eigenvalue weighted by molar-refractivity contribution is 0.598. The van der Waals surface area contributed by atoms with Crippen LogP contribution in [0.4, 0.5) is 0 Å². The van der Waals surface area contributed by atoms with Gasteiger partial charge in [0.1, 0.15) is 0 Å². The van der Waals surface area contributed by atoms with Gasteiger partial charge in [-0.15, -0.1) is 0 Å². The highest BCUT2D eigenvalue weighted by Crippen LogP contribution is 2.14. The molecule has 0 aliphatic rings. The van der Waals surface area contributed by atoms with Gasteiger partial charge in [0, 0.05) is 20.9 Å². The van der Waals surface area contributed by atoms with Gasteiger partial charge in [-0.3, -0.25) is 0 Å². The summed E-state index contributed by atoms with van der Waals surface area (Å²) in [7, 11) is -7.87. The molecule has 2 aromatic carbocycles. The molecule has 0 spiro atoms. The van der Waals surface area contributed by atoms with Gasteiger partial charge in [-0.25, -0.2) is 16.8 Å². The van der Waals surface area contributed by atoms with Gasteiger partial charge >= 0.3 is 0 Å². The van der Waals surface area contributed by atoms with Crippen LogP contribution in [0.5, 0.6) is 0 Å². The molecule has 0 unspecified atom stereocenters. The Balaban J connectivity index is 2.09. The van der Waals surface area contributed by atoms with E-state index in [1.807, 2.05) is 0 Å². The molecule has 4 nitrogen and oxygen atoms in total. The minimum Gasteiger partial charge on any atom is -0.223 e. The van der Waals surface area contributed by atoms with Crippen LogP contribution in [0.25, 0.3) is 12.2 Å². The summed E-state index contributed by atoms with van der Waals surface area (Å²) in [4.78, 5) is 0. The largest absolute Gasteiger partial charge is 0.223 e. The van der Waals surface area contributed by atoms with Crippen LogP contribution < -0.4 is 0 Å². The summed E-state index contributed by atoms with van der Waals surface area (Å²) >= 11 is 11.5. The molecule has 0 bridgehead atoms. The number of rotatable bonds is 6. The molecule has 2 aromatic rings. The Morgan fingerprint density at radius 3 is 1.28 bits per heavy atom. The molecule has 0 N–H and O–H groups in total. The second-order valence-electron chi connectivity index (χ2n) is 5.15. The van der Waals surface area contributed by atoms with Crippen molar-refractivity contribution in [3.63, 3.8) is 0 Å². The average molecular weight is 417 g/mol. The fourth-order valence-electron chi connectivity index (χ4n) is 1.82. The molecule has 0 aliphatic carbocycles. The van der Waals surface area contributed by atoms with Gasteiger partial charge in [0.15, 0.2) is 24.8 Å². The fourth-order valence-corrected chi connectivity index (χ4v) is 5.26. The molecule has 0 aromatic heterocycles. The molecule has 0 amide bonds. The summed E-state index contributed by atoms with van der Waals surface area (Å²) < 4.78 is 48.0. The van der Waals surface area contributed by atoms with E-state index in [4.69, 9.17) is 23.2 Å². The van der Waals surface area contributed by atoms with Crippen molar-refractivity contribution in [2.45, 2.75) is 0 Å².